The van der Waals surface area contributed by atoms with Crippen LogP contribution in [0.2, 0.25) is 0 Å². The molecule has 0 unspecified atom stereocenters. The van der Waals surface area contributed by atoms with Gasteiger partial charge in [-0.3, -0.25) is 0 Å². The van der Waals surface area contributed by atoms with Gasteiger partial charge in [-0.25, -0.2) is 4.98 Å². The second kappa shape index (κ2) is 6.87. The molecule has 2 rings (SSSR count). The summed E-state index contributed by atoms with van der Waals surface area (Å²) in [5.74, 6) is 1.00. The van der Waals surface area contributed by atoms with E-state index in [0.717, 1.165) is 23.8 Å². The molecule has 4 heteroatoms. The van der Waals surface area contributed by atoms with Crippen LogP contribution in [0.5, 0.6) is 0 Å². The number of benzene rings is 1. The molecule has 1 aromatic heterocycles. The van der Waals surface area contributed by atoms with Crippen molar-refractivity contribution in [3.63, 3.8) is 0 Å². The molecule has 0 aliphatic rings. The number of aromatic nitrogens is 2. The Balaban J connectivity index is 2.04. The third-order valence-electron chi connectivity index (χ3n) is 3.94. The third kappa shape index (κ3) is 3.93. The molecule has 2 aromatic rings. The summed E-state index contributed by atoms with van der Waals surface area (Å²) in [6.07, 6.45) is 0. The molecule has 114 valence electrons. The smallest absolute Gasteiger partial charge is 0.120 e. The van der Waals surface area contributed by atoms with Crippen molar-refractivity contribution in [3.8, 4) is 0 Å². The summed E-state index contributed by atoms with van der Waals surface area (Å²) in [5, 5.41) is 3.58. The van der Waals surface area contributed by atoms with E-state index in [-0.39, 0.29) is 0 Å². The maximum atomic E-state index is 4.53. The predicted molar refractivity (Wildman–Crippen MR) is 87.2 cm³/mol. The predicted octanol–water partition coefficient (Wildman–Crippen LogP) is 2.81. The quantitative estimate of drug-likeness (QED) is 0.858. The Kier molecular flexibility index (Phi) is 5.15. The Morgan fingerprint density at radius 2 is 1.86 bits per heavy atom. The fraction of sp³-hybridized carbons (Fsp3) is 0.471. The Hall–Kier alpha value is -1.65. The van der Waals surface area contributed by atoms with E-state index in [4.69, 9.17) is 0 Å². The summed E-state index contributed by atoms with van der Waals surface area (Å²) >= 11 is 0. The van der Waals surface area contributed by atoms with Crippen LogP contribution in [0.3, 0.4) is 0 Å². The first-order valence-corrected chi connectivity index (χ1v) is 7.46. The van der Waals surface area contributed by atoms with Crippen molar-refractivity contribution in [3.05, 3.63) is 53.1 Å². The lowest BCUT2D eigenvalue weighted by molar-refractivity contribution is 0.239. The number of hydrogen-bond donors (Lipinski definition) is 2. The highest BCUT2D eigenvalue weighted by Crippen LogP contribution is 2.21. The molecule has 0 aliphatic carbocycles. The molecule has 0 saturated heterocycles. The van der Waals surface area contributed by atoms with Gasteiger partial charge in [0.2, 0.25) is 0 Å². The molecule has 1 heterocycles. The maximum Gasteiger partial charge on any atom is 0.120 e. The molecular weight excluding hydrogens is 260 g/mol. The van der Waals surface area contributed by atoms with E-state index < -0.39 is 0 Å². The SMILES string of the molecule is Cc1nc(CN[C@@H](C)[C@H](c2ccccc2)N(C)C)[nH]c1C. The minimum absolute atomic E-state index is 0.327. The van der Waals surface area contributed by atoms with E-state index in [1.807, 2.05) is 6.92 Å². The van der Waals surface area contributed by atoms with E-state index in [1.54, 1.807) is 0 Å². The van der Waals surface area contributed by atoms with E-state index in [0.29, 0.717) is 12.1 Å². The number of nitrogens with zero attached hydrogens (tertiary/aromatic N) is 2. The zero-order valence-corrected chi connectivity index (χ0v) is 13.6. The monoisotopic (exact) mass is 286 g/mol. The molecule has 4 nitrogen and oxygen atoms in total. The number of aryl methyl sites for hydroxylation is 2. The normalized spacial score (nSPS) is 14.4. The van der Waals surface area contributed by atoms with E-state index in [9.17, 15) is 0 Å². The Labute approximate surface area is 127 Å². The number of rotatable bonds is 6. The standard InChI is InChI=1S/C17H26N4/c1-12-13(2)20-16(19-12)11-18-14(3)17(21(4)5)15-9-7-6-8-10-15/h6-10,14,17-18H,11H2,1-5H3,(H,19,20)/t14-,17+/m0/s1. The molecule has 0 spiro atoms. The number of H-pyrrole nitrogens is 1. The molecule has 0 fully saturated rings. The van der Waals surface area contributed by atoms with Gasteiger partial charge in [0.05, 0.1) is 12.2 Å². The van der Waals surface area contributed by atoms with Crippen LogP contribution in [0.4, 0.5) is 0 Å². The second-order valence-corrected chi connectivity index (χ2v) is 5.88. The highest BCUT2D eigenvalue weighted by Gasteiger charge is 2.21. The molecule has 2 atom stereocenters. The average molecular weight is 286 g/mol. The van der Waals surface area contributed by atoms with Gasteiger partial charge in [-0.05, 0) is 40.4 Å². The van der Waals surface area contributed by atoms with Crippen LogP contribution in [0.15, 0.2) is 30.3 Å². The zero-order chi connectivity index (χ0) is 15.4. The minimum Gasteiger partial charge on any atom is -0.345 e. The van der Waals surface area contributed by atoms with Crippen LogP contribution in [0, 0.1) is 13.8 Å². The fourth-order valence-corrected chi connectivity index (χ4v) is 2.76. The first-order valence-electron chi connectivity index (χ1n) is 7.46. The Morgan fingerprint density at radius 3 is 2.38 bits per heavy atom. The number of imidazole rings is 1. The molecule has 0 aliphatic heterocycles. The van der Waals surface area contributed by atoms with Gasteiger partial charge in [0.25, 0.3) is 0 Å². The van der Waals surface area contributed by atoms with Crippen molar-refractivity contribution in [1.82, 2.24) is 20.2 Å². The lowest BCUT2D eigenvalue weighted by atomic mass is 9.99. The average Bonchev–Trinajstić information content (AvgIpc) is 2.76. The molecule has 0 saturated carbocycles. The van der Waals surface area contributed by atoms with Gasteiger partial charge < -0.3 is 15.2 Å². The molecule has 0 amide bonds. The summed E-state index contributed by atoms with van der Waals surface area (Å²) in [7, 11) is 4.24. The summed E-state index contributed by atoms with van der Waals surface area (Å²) in [6.45, 7) is 7.07. The number of nitrogens with one attached hydrogen (secondary N) is 2. The van der Waals surface area contributed by atoms with Crippen LogP contribution in [-0.4, -0.2) is 35.0 Å². The number of likely N-dealkylation sites (N-methyl/N-ethyl adjacent to an activating group) is 1. The van der Waals surface area contributed by atoms with Gasteiger partial charge in [-0.2, -0.15) is 0 Å². The lowest BCUT2D eigenvalue weighted by Gasteiger charge is -2.31. The summed E-state index contributed by atoms with van der Waals surface area (Å²) in [6, 6.07) is 11.3. The van der Waals surface area contributed by atoms with Gasteiger partial charge in [-0.15, -0.1) is 0 Å². The van der Waals surface area contributed by atoms with E-state index >= 15 is 0 Å². The second-order valence-electron chi connectivity index (χ2n) is 5.88. The van der Waals surface area contributed by atoms with Gasteiger partial charge in [0.15, 0.2) is 0 Å². The molecule has 0 radical (unpaired) electrons. The van der Waals surface area contributed by atoms with Crippen molar-refractivity contribution in [2.75, 3.05) is 14.1 Å². The first-order chi connectivity index (χ1) is 9.99. The van der Waals surface area contributed by atoms with E-state index in [1.165, 1.54) is 5.56 Å². The highest BCUT2D eigenvalue weighted by atomic mass is 15.1. The maximum absolute atomic E-state index is 4.53. The van der Waals surface area contributed by atoms with Crippen LogP contribution < -0.4 is 5.32 Å². The van der Waals surface area contributed by atoms with Crippen LogP contribution in [0.25, 0.3) is 0 Å². The largest absolute Gasteiger partial charge is 0.345 e. The third-order valence-corrected chi connectivity index (χ3v) is 3.94. The van der Waals surface area contributed by atoms with Crippen LogP contribution in [0.1, 0.15) is 35.7 Å². The number of hydrogen-bond acceptors (Lipinski definition) is 3. The molecular formula is C17H26N4. The van der Waals surface area contributed by atoms with Crippen molar-refractivity contribution in [2.24, 2.45) is 0 Å². The minimum atomic E-state index is 0.327. The summed E-state index contributed by atoms with van der Waals surface area (Å²) in [5.41, 5.74) is 3.55. The van der Waals surface area contributed by atoms with Crippen molar-refractivity contribution in [2.45, 2.75) is 39.4 Å². The van der Waals surface area contributed by atoms with Gasteiger partial charge >= 0.3 is 0 Å². The fourth-order valence-electron chi connectivity index (χ4n) is 2.76. The van der Waals surface area contributed by atoms with Crippen molar-refractivity contribution < 1.29 is 0 Å². The van der Waals surface area contributed by atoms with E-state index in [2.05, 4.69) is 78.5 Å². The van der Waals surface area contributed by atoms with Crippen LogP contribution >= 0.6 is 0 Å². The molecule has 0 bridgehead atoms. The molecule has 2 N–H and O–H groups in total. The summed E-state index contributed by atoms with van der Waals surface area (Å²) in [4.78, 5) is 10.1. The topological polar surface area (TPSA) is 44.0 Å². The van der Waals surface area contributed by atoms with Gasteiger partial charge in [0, 0.05) is 17.8 Å². The van der Waals surface area contributed by atoms with Crippen molar-refractivity contribution in [1.29, 1.82) is 0 Å². The zero-order valence-electron chi connectivity index (χ0n) is 13.6. The van der Waals surface area contributed by atoms with Gasteiger partial charge in [-0.1, -0.05) is 30.3 Å². The number of aromatic amines is 1. The highest BCUT2D eigenvalue weighted by molar-refractivity contribution is 5.20. The Bertz CT molecular complexity index is 540. The van der Waals surface area contributed by atoms with Crippen molar-refractivity contribution >= 4 is 0 Å². The summed E-state index contributed by atoms with van der Waals surface area (Å²) < 4.78 is 0. The molecule has 21 heavy (non-hydrogen) atoms. The lowest BCUT2D eigenvalue weighted by Crippen LogP contribution is -2.39. The first kappa shape index (κ1) is 15.7. The Morgan fingerprint density at radius 1 is 1.19 bits per heavy atom. The molecule has 1 aromatic carbocycles. The van der Waals surface area contributed by atoms with Crippen LogP contribution in [-0.2, 0) is 6.54 Å². The van der Waals surface area contributed by atoms with Gasteiger partial charge in [0.1, 0.15) is 5.82 Å².